The zero-order valence-corrected chi connectivity index (χ0v) is 13.5. The summed E-state index contributed by atoms with van der Waals surface area (Å²) in [7, 11) is 0. The van der Waals surface area contributed by atoms with Gasteiger partial charge in [-0.3, -0.25) is 0 Å². The fourth-order valence-corrected chi connectivity index (χ4v) is 2.08. The van der Waals surface area contributed by atoms with Gasteiger partial charge in [0.1, 0.15) is 0 Å². The quantitative estimate of drug-likeness (QED) is 0.817. The molecule has 0 radical (unpaired) electrons. The molecule has 122 valence electrons. The van der Waals surface area contributed by atoms with Crippen LogP contribution in [0.5, 0.6) is 11.5 Å². The van der Waals surface area contributed by atoms with Crippen LogP contribution in [0.4, 0.5) is 10.5 Å². The molecule has 0 bridgehead atoms. The van der Waals surface area contributed by atoms with Crippen molar-refractivity contribution in [2.45, 2.75) is 20.4 Å². The molecule has 2 N–H and O–H groups in total. The van der Waals surface area contributed by atoms with Crippen molar-refractivity contribution in [3.05, 3.63) is 54.1 Å². The van der Waals surface area contributed by atoms with Crippen LogP contribution in [0.3, 0.4) is 0 Å². The molecule has 0 aromatic heterocycles. The van der Waals surface area contributed by atoms with Crippen LogP contribution in [0.2, 0.25) is 0 Å². The van der Waals surface area contributed by atoms with Gasteiger partial charge < -0.3 is 20.1 Å². The van der Waals surface area contributed by atoms with Gasteiger partial charge in [0.2, 0.25) is 0 Å². The lowest BCUT2D eigenvalue weighted by atomic mass is 10.2. The first kappa shape index (κ1) is 16.7. The van der Waals surface area contributed by atoms with E-state index in [1.54, 1.807) is 18.2 Å². The standard InChI is InChI=1S/C18H22N2O3/c1-3-22-16-11-10-15(12-17(16)23-4-2)20-18(21)19-13-14-8-6-5-7-9-14/h5-12H,3-4,13H2,1-2H3,(H2,19,20,21). The van der Waals surface area contributed by atoms with E-state index in [9.17, 15) is 4.79 Å². The van der Waals surface area contributed by atoms with Crippen LogP contribution in [0.25, 0.3) is 0 Å². The first-order chi connectivity index (χ1) is 11.2. The van der Waals surface area contributed by atoms with E-state index in [1.165, 1.54) is 0 Å². The van der Waals surface area contributed by atoms with Crippen LogP contribution in [0.1, 0.15) is 19.4 Å². The van der Waals surface area contributed by atoms with Crippen molar-refractivity contribution in [3.8, 4) is 11.5 Å². The van der Waals surface area contributed by atoms with Crippen molar-refractivity contribution < 1.29 is 14.3 Å². The Hall–Kier alpha value is -2.69. The third-order valence-electron chi connectivity index (χ3n) is 3.10. The molecule has 0 saturated heterocycles. The fraction of sp³-hybridized carbons (Fsp3) is 0.278. The van der Waals surface area contributed by atoms with Gasteiger partial charge in [-0.05, 0) is 31.5 Å². The van der Waals surface area contributed by atoms with Crippen molar-refractivity contribution in [1.29, 1.82) is 0 Å². The van der Waals surface area contributed by atoms with E-state index in [0.29, 0.717) is 36.9 Å². The maximum Gasteiger partial charge on any atom is 0.319 e. The summed E-state index contributed by atoms with van der Waals surface area (Å²) >= 11 is 0. The highest BCUT2D eigenvalue weighted by Crippen LogP contribution is 2.30. The molecule has 0 aliphatic carbocycles. The van der Waals surface area contributed by atoms with Crippen LogP contribution in [-0.2, 0) is 6.54 Å². The average Bonchev–Trinajstić information content (AvgIpc) is 2.57. The van der Waals surface area contributed by atoms with Crippen LogP contribution >= 0.6 is 0 Å². The minimum atomic E-state index is -0.263. The molecular weight excluding hydrogens is 292 g/mol. The van der Waals surface area contributed by atoms with E-state index in [-0.39, 0.29) is 6.03 Å². The molecule has 5 heteroatoms. The van der Waals surface area contributed by atoms with Crippen molar-refractivity contribution in [3.63, 3.8) is 0 Å². The van der Waals surface area contributed by atoms with Crippen molar-refractivity contribution in [2.24, 2.45) is 0 Å². The van der Waals surface area contributed by atoms with Gasteiger partial charge in [0, 0.05) is 18.3 Å². The third kappa shape index (κ3) is 5.21. The number of nitrogens with one attached hydrogen (secondary N) is 2. The minimum absolute atomic E-state index is 0.263. The van der Waals surface area contributed by atoms with Gasteiger partial charge in [0.05, 0.1) is 13.2 Å². The first-order valence-electron chi connectivity index (χ1n) is 7.71. The molecule has 2 rings (SSSR count). The van der Waals surface area contributed by atoms with Gasteiger partial charge in [-0.2, -0.15) is 0 Å². The Labute approximate surface area is 136 Å². The van der Waals surface area contributed by atoms with Crippen molar-refractivity contribution in [2.75, 3.05) is 18.5 Å². The second kappa shape index (κ2) is 8.68. The number of hydrogen-bond donors (Lipinski definition) is 2. The van der Waals surface area contributed by atoms with E-state index in [0.717, 1.165) is 5.56 Å². The largest absolute Gasteiger partial charge is 0.490 e. The van der Waals surface area contributed by atoms with E-state index < -0.39 is 0 Å². The predicted octanol–water partition coefficient (Wildman–Crippen LogP) is 3.81. The van der Waals surface area contributed by atoms with Gasteiger partial charge in [-0.1, -0.05) is 30.3 Å². The lowest BCUT2D eigenvalue weighted by molar-refractivity contribution is 0.251. The first-order valence-corrected chi connectivity index (χ1v) is 7.71. The Balaban J connectivity index is 1.96. The maximum atomic E-state index is 12.0. The van der Waals surface area contributed by atoms with Gasteiger partial charge in [0.25, 0.3) is 0 Å². The molecule has 0 fully saturated rings. The van der Waals surface area contributed by atoms with E-state index >= 15 is 0 Å². The molecule has 23 heavy (non-hydrogen) atoms. The number of amides is 2. The smallest absolute Gasteiger partial charge is 0.319 e. The van der Waals surface area contributed by atoms with Gasteiger partial charge >= 0.3 is 6.03 Å². The van der Waals surface area contributed by atoms with Crippen LogP contribution in [-0.4, -0.2) is 19.2 Å². The number of ether oxygens (including phenoxy) is 2. The fourth-order valence-electron chi connectivity index (χ4n) is 2.08. The number of hydrogen-bond acceptors (Lipinski definition) is 3. The minimum Gasteiger partial charge on any atom is -0.490 e. The Kier molecular flexibility index (Phi) is 6.29. The number of rotatable bonds is 7. The molecule has 2 aromatic carbocycles. The molecule has 5 nitrogen and oxygen atoms in total. The summed E-state index contributed by atoms with van der Waals surface area (Å²) in [6.07, 6.45) is 0. The van der Waals surface area contributed by atoms with Crippen LogP contribution in [0, 0.1) is 0 Å². The summed E-state index contributed by atoms with van der Waals surface area (Å²) < 4.78 is 11.0. The predicted molar refractivity (Wildman–Crippen MR) is 91.1 cm³/mol. The highest BCUT2D eigenvalue weighted by atomic mass is 16.5. The van der Waals surface area contributed by atoms with E-state index in [2.05, 4.69) is 10.6 Å². The zero-order chi connectivity index (χ0) is 16.5. The summed E-state index contributed by atoms with van der Waals surface area (Å²) in [6, 6.07) is 14.8. The number of urea groups is 1. The Morgan fingerprint density at radius 3 is 2.35 bits per heavy atom. The summed E-state index contributed by atoms with van der Waals surface area (Å²) in [5.74, 6) is 1.29. The monoisotopic (exact) mass is 314 g/mol. The van der Waals surface area contributed by atoms with Crippen LogP contribution < -0.4 is 20.1 Å². The van der Waals surface area contributed by atoms with Gasteiger partial charge in [0.15, 0.2) is 11.5 Å². The maximum absolute atomic E-state index is 12.0. The highest BCUT2D eigenvalue weighted by Gasteiger charge is 2.08. The topological polar surface area (TPSA) is 59.6 Å². The lowest BCUT2D eigenvalue weighted by Gasteiger charge is -2.13. The molecule has 2 amide bonds. The van der Waals surface area contributed by atoms with E-state index in [1.807, 2.05) is 44.2 Å². The number of benzene rings is 2. The number of carbonyl (C=O) groups is 1. The zero-order valence-electron chi connectivity index (χ0n) is 13.5. The second-order valence-electron chi connectivity index (χ2n) is 4.82. The summed E-state index contributed by atoms with van der Waals surface area (Å²) in [5, 5.41) is 5.61. The Bertz CT molecular complexity index is 629. The molecule has 0 atom stereocenters. The lowest BCUT2D eigenvalue weighted by Crippen LogP contribution is -2.28. The molecule has 0 aliphatic rings. The SMILES string of the molecule is CCOc1ccc(NC(=O)NCc2ccccc2)cc1OCC. The van der Waals surface area contributed by atoms with Crippen molar-refractivity contribution >= 4 is 11.7 Å². The molecule has 0 saturated carbocycles. The third-order valence-corrected chi connectivity index (χ3v) is 3.10. The molecule has 0 heterocycles. The summed E-state index contributed by atoms with van der Waals surface area (Å²) in [6.45, 7) is 5.39. The van der Waals surface area contributed by atoms with Crippen LogP contribution in [0.15, 0.2) is 48.5 Å². The Morgan fingerprint density at radius 2 is 1.65 bits per heavy atom. The molecule has 0 unspecified atom stereocenters. The average molecular weight is 314 g/mol. The van der Waals surface area contributed by atoms with E-state index in [4.69, 9.17) is 9.47 Å². The molecular formula is C18H22N2O3. The summed E-state index contributed by atoms with van der Waals surface area (Å²) in [4.78, 5) is 12.0. The number of anilines is 1. The summed E-state index contributed by atoms with van der Waals surface area (Å²) in [5.41, 5.74) is 1.70. The number of carbonyl (C=O) groups excluding carboxylic acids is 1. The highest BCUT2D eigenvalue weighted by molar-refractivity contribution is 5.89. The van der Waals surface area contributed by atoms with Gasteiger partial charge in [-0.15, -0.1) is 0 Å². The molecule has 0 aliphatic heterocycles. The van der Waals surface area contributed by atoms with Crippen molar-refractivity contribution in [1.82, 2.24) is 5.32 Å². The Morgan fingerprint density at radius 1 is 0.957 bits per heavy atom. The molecule has 0 spiro atoms. The van der Waals surface area contributed by atoms with Gasteiger partial charge in [-0.25, -0.2) is 4.79 Å². The molecule has 2 aromatic rings. The normalized spacial score (nSPS) is 10.0. The second-order valence-corrected chi connectivity index (χ2v) is 4.82.